The van der Waals surface area contributed by atoms with Gasteiger partial charge in [0.1, 0.15) is 11.2 Å². The predicted octanol–water partition coefficient (Wildman–Crippen LogP) is 8.38. The molecule has 0 aliphatic heterocycles. The second-order valence-electron chi connectivity index (χ2n) is 9.65. The second kappa shape index (κ2) is 8.70. The Labute approximate surface area is 197 Å². The third kappa shape index (κ3) is 3.72. The first-order valence-corrected chi connectivity index (χ1v) is 13.6. The highest BCUT2D eigenvalue weighted by atomic mass is 31.1. The summed E-state index contributed by atoms with van der Waals surface area (Å²) in [6, 6.07) is 19.9. The van der Waals surface area contributed by atoms with E-state index in [0.717, 1.165) is 24.0 Å². The van der Waals surface area contributed by atoms with Crippen LogP contribution in [0.25, 0.3) is 21.9 Å². The Morgan fingerprint density at radius 1 is 0.697 bits per heavy atom. The molecule has 3 aromatic carbocycles. The van der Waals surface area contributed by atoms with E-state index in [4.69, 9.17) is 8.39 Å². The third-order valence-corrected chi connectivity index (χ3v) is 9.26. The summed E-state index contributed by atoms with van der Waals surface area (Å²) in [6.07, 6.45) is 9.71. The van der Waals surface area contributed by atoms with E-state index < -0.39 is 8.16 Å². The fourth-order valence-electron chi connectivity index (χ4n) is 5.72. The number of fused-ring (bicyclic) bond motifs is 7. The van der Waals surface area contributed by atoms with Crippen molar-refractivity contribution < 1.29 is 8.39 Å². The average molecular weight is 458 g/mol. The standard InChI is InChI=1S/C29H32NO2P/c1-20(21-10-4-3-5-11-21)30(2)33-31-26-18-16-22-12-6-8-14-24(22)28(26)29-25-15-9-7-13-23(25)17-19-27(29)32-33/h3-5,10-11,16-20H,6-9,12-15H2,1-2H3/t20-/m1/s1. The molecule has 0 spiro atoms. The second-order valence-corrected chi connectivity index (χ2v) is 11.1. The molecule has 1 heterocycles. The van der Waals surface area contributed by atoms with Crippen LogP contribution in [0.5, 0.6) is 0 Å². The fraction of sp³-hybridized carbons (Fsp3) is 0.379. The van der Waals surface area contributed by atoms with Crippen LogP contribution in [-0.4, -0.2) is 7.05 Å². The molecule has 3 nitrogen and oxygen atoms in total. The predicted molar refractivity (Wildman–Crippen MR) is 139 cm³/mol. The van der Waals surface area contributed by atoms with E-state index in [0.29, 0.717) is 0 Å². The van der Waals surface area contributed by atoms with Gasteiger partial charge in [-0.3, -0.25) is 0 Å². The van der Waals surface area contributed by atoms with Crippen LogP contribution < -0.4 is 4.67 Å². The van der Waals surface area contributed by atoms with Crippen molar-refractivity contribution in [1.82, 2.24) is 0 Å². The van der Waals surface area contributed by atoms with E-state index in [1.54, 1.807) is 0 Å². The van der Waals surface area contributed by atoms with Crippen molar-refractivity contribution in [1.29, 1.82) is 0 Å². The lowest BCUT2D eigenvalue weighted by Gasteiger charge is -2.21. The monoisotopic (exact) mass is 457 g/mol. The van der Waals surface area contributed by atoms with Crippen molar-refractivity contribution in [3.8, 4) is 0 Å². The molecule has 1 aromatic heterocycles. The minimum Gasteiger partial charge on any atom is -0.408 e. The SMILES string of the molecule is C[C@H](c1ccccc1)N(C)p1oc2ccc3c(c2c2c4c(ccc2o1)CCCC4)CCCC3. The molecule has 4 heteroatoms. The van der Waals surface area contributed by atoms with Gasteiger partial charge in [-0.25, -0.2) is 0 Å². The molecule has 0 bridgehead atoms. The maximum atomic E-state index is 6.77. The number of benzene rings is 3. The highest BCUT2D eigenvalue weighted by molar-refractivity contribution is 7.38. The van der Waals surface area contributed by atoms with Gasteiger partial charge in [-0.05, 0) is 98.2 Å². The van der Waals surface area contributed by atoms with Crippen LogP contribution in [-0.2, 0) is 25.7 Å². The molecule has 33 heavy (non-hydrogen) atoms. The molecule has 0 unspecified atom stereocenters. The first-order valence-electron chi connectivity index (χ1n) is 12.4. The van der Waals surface area contributed by atoms with Crippen LogP contribution in [0, 0.1) is 0 Å². The summed E-state index contributed by atoms with van der Waals surface area (Å²) in [5, 5.41) is 2.65. The van der Waals surface area contributed by atoms with Crippen LogP contribution in [0.1, 0.15) is 66.5 Å². The number of aryl methyl sites for hydroxylation is 4. The van der Waals surface area contributed by atoms with Gasteiger partial charge in [0.2, 0.25) is 0 Å². The van der Waals surface area contributed by atoms with Gasteiger partial charge in [0.15, 0.2) is 0 Å². The molecular formula is C29H32NO2P. The fourth-order valence-corrected chi connectivity index (χ4v) is 7.07. The summed E-state index contributed by atoms with van der Waals surface area (Å²) in [4.78, 5) is 0. The summed E-state index contributed by atoms with van der Waals surface area (Å²) < 4.78 is 15.8. The quantitative estimate of drug-likeness (QED) is 0.309. The van der Waals surface area contributed by atoms with Crippen molar-refractivity contribution in [3.63, 3.8) is 0 Å². The highest BCUT2D eigenvalue weighted by Crippen LogP contribution is 2.44. The Balaban J connectivity index is 1.65. The third-order valence-electron chi connectivity index (χ3n) is 7.69. The minimum absolute atomic E-state index is 0.192. The smallest absolute Gasteiger partial charge is 0.309 e. The Hall–Kier alpha value is -2.48. The number of hydrogen-bond donors (Lipinski definition) is 0. The first-order chi connectivity index (χ1) is 16.2. The number of hydrogen-bond acceptors (Lipinski definition) is 3. The van der Waals surface area contributed by atoms with E-state index in [2.05, 4.69) is 73.2 Å². The van der Waals surface area contributed by atoms with Gasteiger partial charge < -0.3 is 8.39 Å². The van der Waals surface area contributed by atoms with Gasteiger partial charge >= 0.3 is 8.16 Å². The molecule has 170 valence electrons. The Morgan fingerprint density at radius 3 is 1.76 bits per heavy atom. The first kappa shape index (κ1) is 21.1. The summed E-state index contributed by atoms with van der Waals surface area (Å²) in [6.45, 7) is 2.23. The molecule has 4 aromatic rings. The zero-order valence-electron chi connectivity index (χ0n) is 19.6. The largest absolute Gasteiger partial charge is 0.408 e. The molecule has 0 fully saturated rings. The summed E-state index contributed by atoms with van der Waals surface area (Å²) in [5.41, 5.74) is 9.28. The molecule has 0 radical (unpaired) electrons. The van der Waals surface area contributed by atoms with E-state index in [-0.39, 0.29) is 6.04 Å². The summed E-state index contributed by atoms with van der Waals surface area (Å²) in [5.74, 6) is 0. The van der Waals surface area contributed by atoms with Crippen molar-refractivity contribution in [2.75, 3.05) is 11.7 Å². The Morgan fingerprint density at radius 2 is 1.21 bits per heavy atom. The molecular weight excluding hydrogens is 425 g/mol. The van der Waals surface area contributed by atoms with E-state index in [9.17, 15) is 0 Å². The van der Waals surface area contributed by atoms with Crippen LogP contribution in [0.15, 0.2) is 63.0 Å². The van der Waals surface area contributed by atoms with Gasteiger partial charge in [-0.2, -0.15) is 4.67 Å². The van der Waals surface area contributed by atoms with Crippen molar-refractivity contribution >= 4 is 30.1 Å². The zero-order chi connectivity index (χ0) is 22.4. The summed E-state index contributed by atoms with van der Waals surface area (Å²) in [7, 11) is 0.841. The lowest BCUT2D eigenvalue weighted by Crippen LogP contribution is -2.17. The highest BCUT2D eigenvalue weighted by Gasteiger charge is 2.23. The molecule has 6 rings (SSSR count). The lowest BCUT2D eigenvalue weighted by atomic mass is 9.84. The van der Waals surface area contributed by atoms with E-state index in [1.807, 2.05) is 0 Å². The minimum atomic E-state index is -1.29. The topological polar surface area (TPSA) is 29.5 Å². The van der Waals surface area contributed by atoms with Gasteiger partial charge in [0.05, 0.1) is 0 Å². The van der Waals surface area contributed by atoms with Gasteiger partial charge in [0, 0.05) is 23.9 Å². The zero-order valence-corrected chi connectivity index (χ0v) is 20.5. The average Bonchev–Trinajstić information content (AvgIpc) is 3.05. The van der Waals surface area contributed by atoms with Crippen molar-refractivity contribution in [2.45, 2.75) is 64.3 Å². The maximum Gasteiger partial charge on any atom is 0.309 e. The summed E-state index contributed by atoms with van der Waals surface area (Å²) >= 11 is 0. The number of rotatable bonds is 3. The molecule has 0 N–H and O–H groups in total. The molecule has 2 aliphatic rings. The van der Waals surface area contributed by atoms with Crippen LogP contribution in [0.4, 0.5) is 0 Å². The lowest BCUT2D eigenvalue weighted by molar-refractivity contribution is 0.611. The molecule has 2 aliphatic carbocycles. The van der Waals surface area contributed by atoms with Crippen molar-refractivity contribution in [3.05, 3.63) is 82.4 Å². The van der Waals surface area contributed by atoms with Gasteiger partial charge in [-0.15, -0.1) is 0 Å². The maximum absolute atomic E-state index is 6.77. The van der Waals surface area contributed by atoms with Gasteiger partial charge in [0.25, 0.3) is 0 Å². The normalized spacial score (nSPS) is 16.6. The van der Waals surface area contributed by atoms with Crippen LogP contribution >= 0.6 is 8.16 Å². The molecule has 0 saturated heterocycles. The van der Waals surface area contributed by atoms with Gasteiger partial charge in [-0.1, -0.05) is 42.5 Å². The Bertz CT molecular complexity index is 1280. The molecule has 1 atom stereocenters. The van der Waals surface area contributed by atoms with E-state index in [1.165, 1.54) is 77.1 Å². The molecule has 0 amide bonds. The number of nitrogens with zero attached hydrogens (tertiary/aromatic N) is 1. The molecule has 0 saturated carbocycles. The van der Waals surface area contributed by atoms with Crippen LogP contribution in [0.3, 0.4) is 0 Å². The van der Waals surface area contributed by atoms with Crippen molar-refractivity contribution in [2.24, 2.45) is 0 Å². The Kier molecular flexibility index (Phi) is 5.56. The van der Waals surface area contributed by atoms with Crippen LogP contribution in [0.2, 0.25) is 0 Å². The van der Waals surface area contributed by atoms with E-state index >= 15 is 0 Å².